The average molecular weight is 365 g/mol. The predicted molar refractivity (Wildman–Crippen MR) is 99.5 cm³/mol. The van der Waals surface area contributed by atoms with E-state index in [0.29, 0.717) is 17.1 Å². The van der Waals surface area contributed by atoms with Crippen molar-refractivity contribution < 1.29 is 18.7 Å². The normalized spacial score (nSPS) is 10.1. The summed E-state index contributed by atoms with van der Waals surface area (Å²) < 4.78 is 18.4. The molecule has 27 heavy (non-hydrogen) atoms. The monoisotopic (exact) mass is 365 g/mol. The lowest BCUT2D eigenvalue weighted by Crippen LogP contribution is -2.17. The highest BCUT2D eigenvalue weighted by molar-refractivity contribution is 6.08. The van der Waals surface area contributed by atoms with Crippen LogP contribution in [0.15, 0.2) is 66.9 Å². The summed E-state index contributed by atoms with van der Waals surface area (Å²) in [5.41, 5.74) is 1.09. The number of para-hydroxylation sites is 2. The summed E-state index contributed by atoms with van der Waals surface area (Å²) in [4.78, 5) is 28.8. The molecule has 1 aromatic heterocycles. The van der Waals surface area contributed by atoms with Crippen LogP contribution in [0.5, 0.6) is 5.75 Å². The first-order valence-corrected chi connectivity index (χ1v) is 8.04. The Morgan fingerprint density at radius 3 is 2.56 bits per heavy atom. The molecule has 0 aliphatic carbocycles. The van der Waals surface area contributed by atoms with Crippen LogP contribution in [0.4, 0.5) is 15.8 Å². The van der Waals surface area contributed by atoms with Crippen molar-refractivity contribution in [1.29, 1.82) is 0 Å². The van der Waals surface area contributed by atoms with E-state index in [1.165, 1.54) is 43.6 Å². The maximum atomic E-state index is 13.2. The van der Waals surface area contributed by atoms with E-state index in [9.17, 15) is 14.0 Å². The summed E-state index contributed by atoms with van der Waals surface area (Å²) in [5.74, 6) is -0.913. The third-order valence-electron chi connectivity index (χ3n) is 3.69. The molecule has 6 nitrogen and oxygen atoms in total. The quantitative estimate of drug-likeness (QED) is 0.722. The van der Waals surface area contributed by atoms with Gasteiger partial charge in [-0.15, -0.1) is 0 Å². The fraction of sp³-hybridized carbons (Fsp3) is 0.0500. The van der Waals surface area contributed by atoms with Crippen LogP contribution in [-0.4, -0.2) is 23.9 Å². The number of anilines is 2. The molecule has 7 heteroatoms. The van der Waals surface area contributed by atoms with Gasteiger partial charge in [0.1, 0.15) is 17.3 Å². The smallest absolute Gasteiger partial charge is 0.274 e. The number of aromatic nitrogens is 1. The van der Waals surface area contributed by atoms with Crippen molar-refractivity contribution in [3.05, 3.63) is 83.9 Å². The van der Waals surface area contributed by atoms with Crippen molar-refractivity contribution in [2.75, 3.05) is 17.7 Å². The van der Waals surface area contributed by atoms with Gasteiger partial charge in [-0.1, -0.05) is 18.2 Å². The second-order valence-electron chi connectivity index (χ2n) is 5.55. The minimum absolute atomic E-state index is 0.0342. The van der Waals surface area contributed by atoms with Gasteiger partial charge in [0.2, 0.25) is 0 Å². The molecular weight excluding hydrogens is 349 g/mol. The molecule has 0 radical (unpaired) electrons. The van der Waals surface area contributed by atoms with Gasteiger partial charge in [0.25, 0.3) is 11.8 Å². The summed E-state index contributed by atoms with van der Waals surface area (Å²) in [6.45, 7) is 0. The summed E-state index contributed by atoms with van der Waals surface area (Å²) in [7, 11) is 1.51. The highest BCUT2D eigenvalue weighted by atomic mass is 19.1. The average Bonchev–Trinajstić information content (AvgIpc) is 2.68. The highest BCUT2D eigenvalue weighted by Gasteiger charge is 2.14. The van der Waals surface area contributed by atoms with Crippen LogP contribution < -0.4 is 15.4 Å². The van der Waals surface area contributed by atoms with E-state index in [0.717, 1.165) is 0 Å². The van der Waals surface area contributed by atoms with E-state index in [2.05, 4.69) is 15.6 Å². The third kappa shape index (κ3) is 4.46. The third-order valence-corrected chi connectivity index (χ3v) is 3.69. The molecule has 0 spiro atoms. The summed E-state index contributed by atoms with van der Waals surface area (Å²) in [6.07, 6.45) is 1.36. The molecule has 3 rings (SSSR count). The SMILES string of the molecule is COc1ccccc1NC(=O)c1ccnc(C(=O)Nc2cccc(F)c2)c1. The lowest BCUT2D eigenvalue weighted by molar-refractivity contribution is 0.102. The number of carbonyl (C=O) groups is 2. The van der Waals surface area contributed by atoms with Gasteiger partial charge in [0.15, 0.2) is 0 Å². The van der Waals surface area contributed by atoms with Crippen LogP contribution in [0.3, 0.4) is 0 Å². The largest absolute Gasteiger partial charge is 0.495 e. The van der Waals surface area contributed by atoms with Crippen LogP contribution in [-0.2, 0) is 0 Å². The molecule has 2 amide bonds. The Kier molecular flexibility index (Phi) is 5.41. The zero-order valence-corrected chi connectivity index (χ0v) is 14.4. The van der Waals surface area contributed by atoms with Crippen LogP contribution in [0.1, 0.15) is 20.8 Å². The Labute approximate surface area is 155 Å². The molecule has 0 saturated heterocycles. The molecule has 2 aromatic carbocycles. The van der Waals surface area contributed by atoms with Gasteiger partial charge in [-0.2, -0.15) is 0 Å². The van der Waals surface area contributed by atoms with Gasteiger partial charge in [-0.25, -0.2) is 4.39 Å². The van der Waals surface area contributed by atoms with Crippen LogP contribution >= 0.6 is 0 Å². The number of rotatable bonds is 5. The number of nitrogens with one attached hydrogen (secondary N) is 2. The second kappa shape index (κ2) is 8.09. The van der Waals surface area contributed by atoms with E-state index < -0.39 is 17.6 Å². The molecule has 0 unspecified atom stereocenters. The van der Waals surface area contributed by atoms with E-state index in [1.807, 2.05) is 0 Å². The first-order chi connectivity index (χ1) is 13.1. The van der Waals surface area contributed by atoms with Gasteiger partial charge in [-0.3, -0.25) is 14.6 Å². The van der Waals surface area contributed by atoms with Crippen molar-refractivity contribution in [2.45, 2.75) is 0 Å². The Morgan fingerprint density at radius 1 is 0.963 bits per heavy atom. The number of amides is 2. The van der Waals surface area contributed by atoms with Crippen molar-refractivity contribution in [1.82, 2.24) is 4.98 Å². The molecule has 0 saturated carbocycles. The number of halogens is 1. The molecule has 1 heterocycles. The summed E-state index contributed by atoms with van der Waals surface area (Å²) >= 11 is 0. The van der Waals surface area contributed by atoms with Crippen molar-refractivity contribution in [3.8, 4) is 5.75 Å². The minimum atomic E-state index is -0.549. The van der Waals surface area contributed by atoms with Crippen LogP contribution in [0.2, 0.25) is 0 Å². The number of hydrogen-bond donors (Lipinski definition) is 2. The standard InChI is InChI=1S/C20H16FN3O3/c1-27-18-8-3-2-7-16(18)24-19(25)13-9-10-22-17(11-13)20(26)23-15-6-4-5-14(21)12-15/h2-12H,1H3,(H,23,26)(H,24,25). The topological polar surface area (TPSA) is 80.3 Å². The molecule has 136 valence electrons. The fourth-order valence-corrected chi connectivity index (χ4v) is 2.40. The molecule has 0 fully saturated rings. The number of hydrogen-bond acceptors (Lipinski definition) is 4. The van der Waals surface area contributed by atoms with Crippen LogP contribution in [0.25, 0.3) is 0 Å². The number of benzene rings is 2. The maximum Gasteiger partial charge on any atom is 0.274 e. The predicted octanol–water partition coefficient (Wildman–Crippen LogP) is 3.73. The lowest BCUT2D eigenvalue weighted by Gasteiger charge is -2.10. The number of nitrogens with zero attached hydrogens (tertiary/aromatic N) is 1. The number of ether oxygens (including phenoxy) is 1. The van der Waals surface area contributed by atoms with Crippen molar-refractivity contribution in [3.63, 3.8) is 0 Å². The number of methoxy groups -OCH3 is 1. The zero-order chi connectivity index (χ0) is 19.2. The zero-order valence-electron chi connectivity index (χ0n) is 14.4. The Bertz CT molecular complexity index is 991. The first kappa shape index (κ1) is 18.1. The Hall–Kier alpha value is -3.74. The van der Waals surface area contributed by atoms with Crippen molar-refractivity contribution >= 4 is 23.2 Å². The lowest BCUT2D eigenvalue weighted by atomic mass is 10.2. The van der Waals surface area contributed by atoms with Gasteiger partial charge < -0.3 is 15.4 Å². The van der Waals surface area contributed by atoms with E-state index in [-0.39, 0.29) is 11.3 Å². The molecule has 0 atom stereocenters. The maximum absolute atomic E-state index is 13.2. The highest BCUT2D eigenvalue weighted by Crippen LogP contribution is 2.23. The second-order valence-corrected chi connectivity index (χ2v) is 5.55. The van der Waals surface area contributed by atoms with Crippen LogP contribution in [0, 0.1) is 5.82 Å². The van der Waals surface area contributed by atoms with E-state index in [1.54, 1.807) is 30.3 Å². The van der Waals surface area contributed by atoms with Crippen molar-refractivity contribution in [2.24, 2.45) is 0 Å². The Balaban J connectivity index is 1.76. The van der Waals surface area contributed by atoms with Gasteiger partial charge in [-0.05, 0) is 42.5 Å². The molecule has 0 bridgehead atoms. The first-order valence-electron chi connectivity index (χ1n) is 8.04. The molecule has 3 aromatic rings. The molecule has 0 aliphatic heterocycles. The van der Waals surface area contributed by atoms with Gasteiger partial charge in [0, 0.05) is 17.4 Å². The number of pyridine rings is 1. The molecule has 0 aliphatic rings. The van der Waals surface area contributed by atoms with Gasteiger partial charge in [0.05, 0.1) is 12.8 Å². The summed E-state index contributed by atoms with van der Waals surface area (Å²) in [6, 6.07) is 15.3. The molecule has 2 N–H and O–H groups in total. The minimum Gasteiger partial charge on any atom is -0.495 e. The van der Waals surface area contributed by atoms with Gasteiger partial charge >= 0.3 is 0 Å². The Morgan fingerprint density at radius 2 is 1.78 bits per heavy atom. The number of carbonyl (C=O) groups excluding carboxylic acids is 2. The molecular formula is C20H16FN3O3. The van der Waals surface area contributed by atoms with E-state index in [4.69, 9.17) is 4.74 Å². The summed E-state index contributed by atoms with van der Waals surface area (Å²) in [5, 5.41) is 5.27. The van der Waals surface area contributed by atoms with E-state index >= 15 is 0 Å². The fourth-order valence-electron chi connectivity index (χ4n) is 2.40.